The molecule has 2 aromatic rings. The van der Waals surface area contributed by atoms with Gasteiger partial charge in [-0.3, -0.25) is 4.68 Å². The second-order valence-electron chi connectivity index (χ2n) is 5.06. The minimum Gasteiger partial charge on any atom is -0.493 e. The first-order valence-corrected chi connectivity index (χ1v) is 7.52. The predicted octanol–water partition coefficient (Wildman–Crippen LogP) is 2.66. The van der Waals surface area contributed by atoms with Crippen LogP contribution in [0.4, 0.5) is 0 Å². The van der Waals surface area contributed by atoms with Gasteiger partial charge in [-0.25, -0.2) is 0 Å². The van der Waals surface area contributed by atoms with Crippen LogP contribution in [0.25, 0.3) is 0 Å². The zero-order valence-corrected chi connectivity index (χ0v) is 14.1. The molecule has 0 saturated heterocycles. The van der Waals surface area contributed by atoms with Crippen LogP contribution in [0.3, 0.4) is 0 Å². The number of methoxy groups -OCH3 is 1. The van der Waals surface area contributed by atoms with E-state index in [0.29, 0.717) is 18.1 Å². The van der Waals surface area contributed by atoms with Gasteiger partial charge in [0.2, 0.25) is 0 Å². The second kappa shape index (κ2) is 6.95. The lowest BCUT2D eigenvalue weighted by atomic mass is 10.1. The number of hydrogen-bond donors (Lipinski definition) is 1. The Morgan fingerprint density at radius 1 is 1.43 bits per heavy atom. The quantitative estimate of drug-likeness (QED) is 0.866. The van der Waals surface area contributed by atoms with Crippen LogP contribution < -0.4 is 15.2 Å². The molecule has 114 valence electrons. The monoisotopic (exact) mass is 353 g/mol. The third-order valence-corrected chi connectivity index (χ3v) is 3.57. The Bertz CT molecular complexity index is 611. The second-order valence-corrected chi connectivity index (χ2v) is 5.91. The Labute approximate surface area is 133 Å². The van der Waals surface area contributed by atoms with Crippen molar-refractivity contribution < 1.29 is 9.47 Å². The Kier molecular flexibility index (Phi) is 5.25. The van der Waals surface area contributed by atoms with Crippen molar-refractivity contribution in [3.8, 4) is 11.5 Å². The highest BCUT2D eigenvalue weighted by Crippen LogP contribution is 2.37. The van der Waals surface area contributed by atoms with E-state index in [1.807, 2.05) is 38.4 Å². The average molecular weight is 354 g/mol. The van der Waals surface area contributed by atoms with Gasteiger partial charge in [0.25, 0.3) is 0 Å². The lowest BCUT2D eigenvalue weighted by Gasteiger charge is -2.14. The number of benzene rings is 1. The molecule has 0 spiro atoms. The normalized spacial score (nSPS) is 12.2. The molecule has 1 unspecified atom stereocenters. The molecular formula is C15H20BrN3O2. The Balaban J connectivity index is 2.18. The van der Waals surface area contributed by atoms with Crippen LogP contribution in [-0.2, 0) is 20.1 Å². The molecule has 2 N–H and O–H groups in total. The van der Waals surface area contributed by atoms with Gasteiger partial charge in [0.05, 0.1) is 17.3 Å². The molecule has 1 heterocycles. The summed E-state index contributed by atoms with van der Waals surface area (Å²) >= 11 is 3.54. The lowest BCUT2D eigenvalue weighted by molar-refractivity contribution is 0.277. The van der Waals surface area contributed by atoms with E-state index >= 15 is 0 Å². The molecule has 5 nitrogen and oxygen atoms in total. The number of aromatic nitrogens is 2. The van der Waals surface area contributed by atoms with Gasteiger partial charge >= 0.3 is 0 Å². The summed E-state index contributed by atoms with van der Waals surface area (Å²) in [4.78, 5) is 0. The SMILES string of the molecule is COc1cc(CC(C)N)cc(Br)c1OCc1ccn(C)n1. The highest BCUT2D eigenvalue weighted by atomic mass is 79.9. The highest BCUT2D eigenvalue weighted by molar-refractivity contribution is 9.10. The van der Waals surface area contributed by atoms with Gasteiger partial charge in [0, 0.05) is 19.3 Å². The molecule has 0 aliphatic rings. The van der Waals surface area contributed by atoms with E-state index in [1.165, 1.54) is 0 Å². The van der Waals surface area contributed by atoms with Crippen molar-refractivity contribution >= 4 is 15.9 Å². The van der Waals surface area contributed by atoms with Crippen molar-refractivity contribution in [1.82, 2.24) is 9.78 Å². The van der Waals surface area contributed by atoms with Crippen LogP contribution in [0.5, 0.6) is 11.5 Å². The molecule has 0 radical (unpaired) electrons. The van der Waals surface area contributed by atoms with Gasteiger partial charge < -0.3 is 15.2 Å². The van der Waals surface area contributed by atoms with Crippen molar-refractivity contribution in [2.24, 2.45) is 12.8 Å². The van der Waals surface area contributed by atoms with Gasteiger partial charge in [0.1, 0.15) is 6.61 Å². The minimum absolute atomic E-state index is 0.0990. The molecule has 1 aromatic heterocycles. The number of aryl methyl sites for hydroxylation is 1. The Morgan fingerprint density at radius 3 is 2.76 bits per heavy atom. The molecular weight excluding hydrogens is 334 g/mol. The number of nitrogens with two attached hydrogens (primary N) is 1. The molecule has 1 aromatic carbocycles. The zero-order valence-electron chi connectivity index (χ0n) is 12.5. The van der Waals surface area contributed by atoms with E-state index in [9.17, 15) is 0 Å². The molecule has 0 amide bonds. The summed E-state index contributed by atoms with van der Waals surface area (Å²) in [6.45, 7) is 2.37. The van der Waals surface area contributed by atoms with E-state index < -0.39 is 0 Å². The first-order chi connectivity index (χ1) is 9.99. The largest absolute Gasteiger partial charge is 0.493 e. The number of nitrogens with zero attached hydrogens (tertiary/aromatic N) is 2. The van der Waals surface area contributed by atoms with Gasteiger partial charge in [-0.05, 0) is 53.0 Å². The molecule has 6 heteroatoms. The van der Waals surface area contributed by atoms with E-state index in [-0.39, 0.29) is 6.04 Å². The molecule has 0 aliphatic carbocycles. The topological polar surface area (TPSA) is 62.3 Å². The van der Waals surface area contributed by atoms with E-state index in [0.717, 1.165) is 22.2 Å². The van der Waals surface area contributed by atoms with Crippen LogP contribution >= 0.6 is 15.9 Å². The number of hydrogen-bond acceptors (Lipinski definition) is 4. The predicted molar refractivity (Wildman–Crippen MR) is 85.6 cm³/mol. The maximum Gasteiger partial charge on any atom is 0.175 e. The maximum absolute atomic E-state index is 5.84. The van der Waals surface area contributed by atoms with Gasteiger partial charge in [-0.15, -0.1) is 0 Å². The standard InChI is InChI=1S/C15H20BrN3O2/c1-10(17)6-11-7-13(16)15(14(8-11)20-3)21-9-12-4-5-19(2)18-12/h4-5,7-8,10H,6,9,17H2,1-3H3. The molecule has 0 saturated carbocycles. The molecule has 1 atom stereocenters. The van der Waals surface area contributed by atoms with Gasteiger partial charge in [-0.1, -0.05) is 0 Å². The Morgan fingerprint density at radius 2 is 2.19 bits per heavy atom. The molecule has 21 heavy (non-hydrogen) atoms. The maximum atomic E-state index is 5.84. The fraction of sp³-hybridized carbons (Fsp3) is 0.400. The Hall–Kier alpha value is -1.53. The molecule has 0 aliphatic heterocycles. The fourth-order valence-corrected chi connectivity index (χ4v) is 2.69. The third-order valence-electron chi connectivity index (χ3n) is 2.98. The first-order valence-electron chi connectivity index (χ1n) is 6.73. The smallest absolute Gasteiger partial charge is 0.175 e. The van der Waals surface area contributed by atoms with Crippen LogP contribution in [-0.4, -0.2) is 22.9 Å². The fourth-order valence-electron chi connectivity index (χ4n) is 2.09. The van der Waals surface area contributed by atoms with Gasteiger partial charge in [-0.2, -0.15) is 5.10 Å². The summed E-state index contributed by atoms with van der Waals surface area (Å²) in [6.07, 6.45) is 2.67. The summed E-state index contributed by atoms with van der Waals surface area (Å²) in [5.41, 5.74) is 7.82. The van der Waals surface area contributed by atoms with E-state index in [1.54, 1.807) is 11.8 Å². The first kappa shape index (κ1) is 15.9. The van der Waals surface area contributed by atoms with Crippen molar-refractivity contribution in [2.45, 2.75) is 26.0 Å². The lowest BCUT2D eigenvalue weighted by Crippen LogP contribution is -2.17. The van der Waals surface area contributed by atoms with Crippen molar-refractivity contribution in [1.29, 1.82) is 0 Å². The van der Waals surface area contributed by atoms with Crippen molar-refractivity contribution in [2.75, 3.05) is 7.11 Å². The van der Waals surface area contributed by atoms with Crippen LogP contribution in [0.15, 0.2) is 28.9 Å². The van der Waals surface area contributed by atoms with Crippen LogP contribution in [0, 0.1) is 0 Å². The third kappa shape index (κ3) is 4.22. The van der Waals surface area contributed by atoms with Crippen molar-refractivity contribution in [3.63, 3.8) is 0 Å². The van der Waals surface area contributed by atoms with E-state index in [4.69, 9.17) is 15.2 Å². The molecule has 0 bridgehead atoms. The van der Waals surface area contributed by atoms with E-state index in [2.05, 4.69) is 21.0 Å². The summed E-state index contributed by atoms with van der Waals surface area (Å²) in [6, 6.07) is 5.99. The summed E-state index contributed by atoms with van der Waals surface area (Å²) < 4.78 is 13.9. The molecule has 2 rings (SSSR count). The molecule has 0 fully saturated rings. The summed E-state index contributed by atoms with van der Waals surface area (Å²) in [7, 11) is 3.51. The number of rotatable bonds is 6. The highest BCUT2D eigenvalue weighted by Gasteiger charge is 2.13. The number of ether oxygens (including phenoxy) is 2. The average Bonchev–Trinajstić information content (AvgIpc) is 2.82. The van der Waals surface area contributed by atoms with Crippen LogP contribution in [0.2, 0.25) is 0 Å². The minimum atomic E-state index is 0.0990. The van der Waals surface area contributed by atoms with Crippen molar-refractivity contribution in [3.05, 3.63) is 40.1 Å². The summed E-state index contributed by atoms with van der Waals surface area (Å²) in [5, 5.41) is 4.29. The number of halogens is 1. The van der Waals surface area contributed by atoms with Gasteiger partial charge in [0.15, 0.2) is 11.5 Å². The van der Waals surface area contributed by atoms with Crippen LogP contribution in [0.1, 0.15) is 18.2 Å². The summed E-state index contributed by atoms with van der Waals surface area (Å²) in [5.74, 6) is 1.37. The zero-order chi connectivity index (χ0) is 15.4.